The van der Waals surface area contributed by atoms with Crippen LogP contribution < -0.4 is 4.74 Å². The molecule has 5 heteroatoms. The predicted molar refractivity (Wildman–Crippen MR) is 96.6 cm³/mol. The van der Waals surface area contributed by atoms with Crippen molar-refractivity contribution in [1.82, 2.24) is 19.7 Å². The molecule has 0 aliphatic heterocycles. The average molecular weight is 334 g/mol. The van der Waals surface area contributed by atoms with Crippen LogP contribution in [0.1, 0.15) is 24.0 Å². The lowest BCUT2D eigenvalue weighted by atomic mass is 10.1. The normalized spacial score (nSPS) is 14.0. The van der Waals surface area contributed by atoms with Crippen LogP contribution in [0.4, 0.5) is 0 Å². The summed E-state index contributed by atoms with van der Waals surface area (Å²) in [7, 11) is 1.71. The Balaban J connectivity index is 1.63. The molecule has 0 unspecified atom stereocenters. The maximum absolute atomic E-state index is 5.44. The number of hydrogen-bond acceptors (Lipinski definition) is 4. The summed E-state index contributed by atoms with van der Waals surface area (Å²) < 4.78 is 7.37. The van der Waals surface area contributed by atoms with E-state index in [1.54, 1.807) is 7.11 Å². The molecule has 128 valence electrons. The monoisotopic (exact) mass is 334 g/mol. The second-order valence-corrected chi connectivity index (χ2v) is 6.44. The largest absolute Gasteiger partial charge is 0.497 e. The van der Waals surface area contributed by atoms with E-state index in [2.05, 4.69) is 33.2 Å². The lowest BCUT2D eigenvalue weighted by Gasteiger charge is -2.24. The van der Waals surface area contributed by atoms with E-state index in [9.17, 15) is 0 Å². The minimum absolute atomic E-state index is 0.650. The van der Waals surface area contributed by atoms with Gasteiger partial charge in [-0.05, 0) is 54.3 Å². The van der Waals surface area contributed by atoms with Gasteiger partial charge in [0, 0.05) is 43.9 Å². The zero-order valence-electron chi connectivity index (χ0n) is 14.4. The van der Waals surface area contributed by atoms with Gasteiger partial charge in [0.25, 0.3) is 0 Å². The van der Waals surface area contributed by atoms with E-state index in [-0.39, 0.29) is 0 Å². The Morgan fingerprint density at radius 2 is 2.08 bits per heavy atom. The summed E-state index contributed by atoms with van der Waals surface area (Å²) in [5, 5.41) is 4.40. The van der Waals surface area contributed by atoms with Crippen LogP contribution in [-0.2, 0) is 13.1 Å². The molecule has 2 aromatic heterocycles. The second-order valence-electron chi connectivity index (χ2n) is 6.44. The number of nitrogens with zero attached hydrogens (tertiary/aromatic N) is 4. The minimum atomic E-state index is 0.650. The summed E-state index contributed by atoms with van der Waals surface area (Å²) in [5.74, 6) is 0.878. The van der Waals surface area contributed by atoms with Crippen molar-refractivity contribution in [2.45, 2.75) is 32.0 Å². The number of pyridine rings is 1. The quantitative estimate of drug-likeness (QED) is 0.664. The maximum Gasteiger partial charge on any atom is 0.119 e. The first kappa shape index (κ1) is 15.8. The Bertz CT molecular complexity index is 813. The van der Waals surface area contributed by atoms with Crippen molar-refractivity contribution in [3.8, 4) is 11.4 Å². The van der Waals surface area contributed by atoms with Crippen LogP contribution in [0.5, 0.6) is 5.75 Å². The van der Waals surface area contributed by atoms with Gasteiger partial charge in [0.05, 0.1) is 12.8 Å². The van der Waals surface area contributed by atoms with Gasteiger partial charge in [0.1, 0.15) is 5.75 Å². The van der Waals surface area contributed by atoms with Crippen LogP contribution >= 0.6 is 0 Å². The van der Waals surface area contributed by atoms with Crippen molar-refractivity contribution < 1.29 is 4.74 Å². The Morgan fingerprint density at radius 3 is 2.76 bits per heavy atom. The molecule has 1 aliphatic carbocycles. The highest BCUT2D eigenvalue weighted by molar-refractivity contribution is 5.45. The lowest BCUT2D eigenvalue weighted by molar-refractivity contribution is 0.245. The standard InChI is InChI=1S/C20H22N4O/c1-25-19-7-8-20(24-11-3-10-22-24)17(12-19)15-23(18-5-6-18)14-16-4-2-9-21-13-16/h2-4,7-13,18H,5-6,14-15H2,1H3. The molecular formula is C20H22N4O. The Hall–Kier alpha value is -2.66. The first-order valence-corrected chi connectivity index (χ1v) is 8.63. The van der Waals surface area contributed by atoms with Gasteiger partial charge in [0.2, 0.25) is 0 Å². The van der Waals surface area contributed by atoms with Gasteiger partial charge < -0.3 is 4.74 Å². The third-order valence-corrected chi connectivity index (χ3v) is 4.58. The van der Waals surface area contributed by atoms with E-state index in [1.807, 2.05) is 47.7 Å². The van der Waals surface area contributed by atoms with Crippen LogP contribution in [0.3, 0.4) is 0 Å². The molecule has 0 amide bonds. The average Bonchev–Trinajstić information content (AvgIpc) is 3.37. The van der Waals surface area contributed by atoms with Crippen molar-refractivity contribution >= 4 is 0 Å². The minimum Gasteiger partial charge on any atom is -0.497 e. The number of benzene rings is 1. The summed E-state index contributed by atoms with van der Waals surface area (Å²) in [4.78, 5) is 6.78. The summed E-state index contributed by atoms with van der Waals surface area (Å²) >= 11 is 0. The van der Waals surface area contributed by atoms with Crippen LogP contribution in [0.2, 0.25) is 0 Å². The first-order chi connectivity index (χ1) is 12.3. The molecule has 2 heterocycles. The molecule has 0 spiro atoms. The van der Waals surface area contributed by atoms with Gasteiger partial charge in [-0.15, -0.1) is 0 Å². The topological polar surface area (TPSA) is 43.2 Å². The molecule has 1 aliphatic rings. The Labute approximate surface area is 147 Å². The molecule has 25 heavy (non-hydrogen) atoms. The third kappa shape index (κ3) is 3.72. The van der Waals surface area contributed by atoms with E-state index >= 15 is 0 Å². The van der Waals surface area contributed by atoms with E-state index < -0.39 is 0 Å². The van der Waals surface area contributed by atoms with Crippen molar-refractivity contribution in [2.24, 2.45) is 0 Å². The van der Waals surface area contributed by atoms with Gasteiger partial charge in [-0.2, -0.15) is 5.10 Å². The number of methoxy groups -OCH3 is 1. The summed E-state index contributed by atoms with van der Waals surface area (Å²) in [6, 6.07) is 12.9. The van der Waals surface area contributed by atoms with Crippen LogP contribution in [0, 0.1) is 0 Å². The molecule has 1 fully saturated rings. The van der Waals surface area contributed by atoms with Crippen molar-refractivity contribution in [2.75, 3.05) is 7.11 Å². The number of hydrogen-bond donors (Lipinski definition) is 0. The molecular weight excluding hydrogens is 312 g/mol. The highest BCUT2D eigenvalue weighted by atomic mass is 16.5. The van der Waals surface area contributed by atoms with Crippen LogP contribution in [-0.4, -0.2) is 32.8 Å². The number of ether oxygens (including phenoxy) is 1. The van der Waals surface area contributed by atoms with Gasteiger partial charge in [-0.25, -0.2) is 4.68 Å². The van der Waals surface area contributed by atoms with E-state index in [4.69, 9.17) is 4.74 Å². The molecule has 0 atom stereocenters. The second kappa shape index (κ2) is 7.07. The van der Waals surface area contributed by atoms with Crippen LogP contribution in [0.15, 0.2) is 61.2 Å². The van der Waals surface area contributed by atoms with E-state index in [0.29, 0.717) is 6.04 Å². The molecule has 0 N–H and O–H groups in total. The maximum atomic E-state index is 5.44. The summed E-state index contributed by atoms with van der Waals surface area (Å²) in [5.41, 5.74) is 3.57. The third-order valence-electron chi connectivity index (χ3n) is 4.58. The highest BCUT2D eigenvalue weighted by Crippen LogP contribution is 2.31. The fourth-order valence-corrected chi connectivity index (χ4v) is 3.15. The summed E-state index contributed by atoms with van der Waals surface area (Å²) in [6.07, 6.45) is 10.1. The van der Waals surface area contributed by atoms with Gasteiger partial charge in [0.15, 0.2) is 0 Å². The summed E-state index contributed by atoms with van der Waals surface area (Å²) in [6.45, 7) is 1.78. The SMILES string of the molecule is COc1ccc(-n2cccn2)c(CN(Cc2cccnc2)C2CC2)c1. The molecule has 4 rings (SSSR count). The first-order valence-electron chi connectivity index (χ1n) is 8.63. The molecule has 1 aromatic carbocycles. The van der Waals surface area contributed by atoms with Crippen molar-refractivity contribution in [3.63, 3.8) is 0 Å². The zero-order valence-corrected chi connectivity index (χ0v) is 14.4. The van der Waals surface area contributed by atoms with Gasteiger partial charge in [-0.3, -0.25) is 9.88 Å². The molecule has 3 aromatic rings. The van der Waals surface area contributed by atoms with Crippen molar-refractivity contribution in [3.05, 3.63) is 72.3 Å². The smallest absolute Gasteiger partial charge is 0.119 e. The Morgan fingerprint density at radius 1 is 1.16 bits per heavy atom. The molecule has 0 saturated heterocycles. The van der Waals surface area contributed by atoms with Gasteiger partial charge in [-0.1, -0.05) is 6.07 Å². The van der Waals surface area contributed by atoms with Crippen molar-refractivity contribution in [1.29, 1.82) is 0 Å². The molecule has 5 nitrogen and oxygen atoms in total. The van der Waals surface area contributed by atoms with Crippen LogP contribution in [0.25, 0.3) is 5.69 Å². The molecule has 1 saturated carbocycles. The number of rotatable bonds is 7. The fraction of sp³-hybridized carbons (Fsp3) is 0.300. The predicted octanol–water partition coefficient (Wildman–Crippen LogP) is 3.44. The Kier molecular flexibility index (Phi) is 4.48. The zero-order chi connectivity index (χ0) is 17.1. The van der Waals surface area contributed by atoms with Gasteiger partial charge >= 0.3 is 0 Å². The molecule has 0 radical (unpaired) electrons. The lowest BCUT2D eigenvalue weighted by Crippen LogP contribution is -2.26. The number of aromatic nitrogens is 3. The molecule has 0 bridgehead atoms. The fourth-order valence-electron chi connectivity index (χ4n) is 3.15. The highest BCUT2D eigenvalue weighted by Gasteiger charge is 2.29. The van der Waals surface area contributed by atoms with E-state index in [1.165, 1.54) is 24.0 Å². The van der Waals surface area contributed by atoms with E-state index in [0.717, 1.165) is 24.5 Å².